The first-order chi connectivity index (χ1) is 12.4. The van der Waals surface area contributed by atoms with Crippen LogP contribution in [0.1, 0.15) is 22.3 Å². The first-order valence-corrected chi connectivity index (χ1v) is 10.8. The SMILES string of the molecule is CS(=O)(=O)Cc1ccc(C(=O)NC[C@H]2CCN(c3ccccc3)C2)cc1. The van der Waals surface area contributed by atoms with E-state index in [0.29, 0.717) is 23.6 Å². The van der Waals surface area contributed by atoms with Crippen LogP contribution in [-0.2, 0) is 15.6 Å². The Hall–Kier alpha value is -2.34. The minimum absolute atomic E-state index is 0.00765. The molecular formula is C20H24N2O3S. The van der Waals surface area contributed by atoms with Crippen LogP contribution in [0.4, 0.5) is 5.69 Å². The van der Waals surface area contributed by atoms with E-state index in [1.807, 2.05) is 18.2 Å². The van der Waals surface area contributed by atoms with Crippen LogP contribution < -0.4 is 10.2 Å². The fourth-order valence-corrected chi connectivity index (χ4v) is 4.06. The number of para-hydroxylation sites is 1. The molecule has 2 aromatic rings. The Balaban J connectivity index is 1.50. The summed E-state index contributed by atoms with van der Waals surface area (Å²) in [4.78, 5) is 14.7. The highest BCUT2D eigenvalue weighted by Gasteiger charge is 2.23. The van der Waals surface area contributed by atoms with E-state index in [-0.39, 0.29) is 11.7 Å². The van der Waals surface area contributed by atoms with Crippen molar-refractivity contribution in [1.29, 1.82) is 0 Å². The molecule has 6 heteroatoms. The van der Waals surface area contributed by atoms with Gasteiger partial charge in [-0.15, -0.1) is 0 Å². The molecule has 1 amide bonds. The molecule has 3 rings (SSSR count). The number of anilines is 1. The van der Waals surface area contributed by atoms with E-state index in [1.165, 1.54) is 11.9 Å². The van der Waals surface area contributed by atoms with Gasteiger partial charge in [0, 0.05) is 37.1 Å². The topological polar surface area (TPSA) is 66.5 Å². The molecule has 1 heterocycles. The highest BCUT2D eigenvalue weighted by molar-refractivity contribution is 7.89. The Morgan fingerprint density at radius 1 is 1.12 bits per heavy atom. The van der Waals surface area contributed by atoms with Gasteiger partial charge in [0.2, 0.25) is 0 Å². The smallest absolute Gasteiger partial charge is 0.251 e. The van der Waals surface area contributed by atoms with Gasteiger partial charge in [-0.2, -0.15) is 0 Å². The molecule has 1 saturated heterocycles. The van der Waals surface area contributed by atoms with Crippen molar-refractivity contribution in [1.82, 2.24) is 5.32 Å². The van der Waals surface area contributed by atoms with Crippen molar-refractivity contribution in [2.24, 2.45) is 5.92 Å². The molecular weight excluding hydrogens is 348 g/mol. The summed E-state index contributed by atoms with van der Waals surface area (Å²) < 4.78 is 22.6. The van der Waals surface area contributed by atoms with Gasteiger partial charge in [0.25, 0.3) is 5.91 Å². The number of benzene rings is 2. The number of nitrogens with one attached hydrogen (secondary N) is 1. The molecule has 26 heavy (non-hydrogen) atoms. The lowest BCUT2D eigenvalue weighted by molar-refractivity contribution is 0.0948. The molecule has 2 aromatic carbocycles. The molecule has 0 unspecified atom stereocenters. The Morgan fingerprint density at radius 2 is 1.81 bits per heavy atom. The third-order valence-electron chi connectivity index (χ3n) is 4.60. The van der Waals surface area contributed by atoms with Crippen molar-refractivity contribution < 1.29 is 13.2 Å². The van der Waals surface area contributed by atoms with Gasteiger partial charge in [0.15, 0.2) is 9.84 Å². The zero-order valence-corrected chi connectivity index (χ0v) is 15.7. The molecule has 0 radical (unpaired) electrons. The zero-order valence-electron chi connectivity index (χ0n) is 14.9. The lowest BCUT2D eigenvalue weighted by Gasteiger charge is -2.18. The molecule has 138 valence electrons. The predicted molar refractivity (Wildman–Crippen MR) is 104 cm³/mol. The lowest BCUT2D eigenvalue weighted by atomic mass is 10.1. The van der Waals surface area contributed by atoms with Crippen LogP contribution in [-0.4, -0.2) is 40.2 Å². The molecule has 1 N–H and O–H groups in total. The first kappa shape index (κ1) is 18.5. The van der Waals surface area contributed by atoms with E-state index in [2.05, 4.69) is 22.3 Å². The fourth-order valence-electron chi connectivity index (χ4n) is 3.27. The van der Waals surface area contributed by atoms with E-state index in [0.717, 1.165) is 19.5 Å². The molecule has 5 nitrogen and oxygen atoms in total. The maximum atomic E-state index is 12.3. The number of rotatable bonds is 6. The monoisotopic (exact) mass is 372 g/mol. The predicted octanol–water partition coefficient (Wildman–Crippen LogP) is 2.49. The van der Waals surface area contributed by atoms with Crippen molar-refractivity contribution in [2.45, 2.75) is 12.2 Å². The number of carbonyl (C=O) groups is 1. The van der Waals surface area contributed by atoms with Gasteiger partial charge in [-0.05, 0) is 42.2 Å². The van der Waals surface area contributed by atoms with E-state index >= 15 is 0 Å². The minimum atomic E-state index is -3.06. The summed E-state index contributed by atoms with van der Waals surface area (Å²) in [6.45, 7) is 2.59. The van der Waals surface area contributed by atoms with Crippen molar-refractivity contribution in [3.8, 4) is 0 Å². The van der Waals surface area contributed by atoms with E-state index < -0.39 is 9.84 Å². The normalized spacial score (nSPS) is 17.3. The van der Waals surface area contributed by atoms with Gasteiger partial charge in [-0.3, -0.25) is 4.79 Å². The van der Waals surface area contributed by atoms with Gasteiger partial charge in [-0.25, -0.2) is 8.42 Å². The quantitative estimate of drug-likeness (QED) is 0.846. The molecule has 0 aliphatic carbocycles. The first-order valence-electron chi connectivity index (χ1n) is 8.75. The molecule has 0 bridgehead atoms. The summed E-state index contributed by atoms with van der Waals surface area (Å²) in [5.41, 5.74) is 2.47. The van der Waals surface area contributed by atoms with Gasteiger partial charge in [0.05, 0.1) is 5.75 Å². The molecule has 1 atom stereocenters. The number of hydrogen-bond donors (Lipinski definition) is 1. The third kappa shape index (κ3) is 5.08. The molecule has 1 aliphatic rings. The summed E-state index contributed by atoms with van der Waals surface area (Å²) >= 11 is 0. The zero-order chi connectivity index (χ0) is 18.6. The second kappa shape index (κ2) is 7.91. The number of carbonyl (C=O) groups excluding carboxylic acids is 1. The van der Waals surface area contributed by atoms with Crippen molar-refractivity contribution in [3.63, 3.8) is 0 Å². The third-order valence-corrected chi connectivity index (χ3v) is 5.46. The summed E-state index contributed by atoms with van der Waals surface area (Å²) in [6, 6.07) is 17.1. The second-order valence-electron chi connectivity index (χ2n) is 6.91. The Labute approximate surface area is 154 Å². The maximum absolute atomic E-state index is 12.3. The molecule has 0 aromatic heterocycles. The van der Waals surface area contributed by atoms with Crippen molar-refractivity contribution in [2.75, 3.05) is 30.8 Å². The number of amides is 1. The van der Waals surface area contributed by atoms with Crippen LogP contribution in [0.5, 0.6) is 0 Å². The maximum Gasteiger partial charge on any atom is 0.251 e. The average Bonchev–Trinajstić information content (AvgIpc) is 3.09. The van der Waals surface area contributed by atoms with Crippen LogP contribution >= 0.6 is 0 Å². The Morgan fingerprint density at radius 3 is 2.46 bits per heavy atom. The number of hydrogen-bond acceptors (Lipinski definition) is 4. The largest absolute Gasteiger partial charge is 0.371 e. The van der Waals surface area contributed by atoms with Crippen molar-refractivity contribution >= 4 is 21.4 Å². The number of sulfone groups is 1. The Kier molecular flexibility index (Phi) is 5.61. The summed E-state index contributed by atoms with van der Waals surface area (Å²) in [5.74, 6) is 0.310. The van der Waals surface area contributed by atoms with Crippen molar-refractivity contribution in [3.05, 3.63) is 65.7 Å². The summed E-state index contributed by atoms with van der Waals surface area (Å²) in [5, 5.41) is 3.00. The molecule has 0 spiro atoms. The highest BCUT2D eigenvalue weighted by atomic mass is 32.2. The second-order valence-corrected chi connectivity index (χ2v) is 9.05. The van der Waals surface area contributed by atoms with Gasteiger partial charge in [0.1, 0.15) is 0 Å². The van der Waals surface area contributed by atoms with Gasteiger partial charge in [-0.1, -0.05) is 30.3 Å². The van der Waals surface area contributed by atoms with E-state index in [9.17, 15) is 13.2 Å². The van der Waals surface area contributed by atoms with Crippen LogP contribution in [0.25, 0.3) is 0 Å². The highest BCUT2D eigenvalue weighted by Crippen LogP contribution is 2.23. The van der Waals surface area contributed by atoms with Crippen LogP contribution in [0.3, 0.4) is 0 Å². The number of nitrogens with zero attached hydrogens (tertiary/aromatic N) is 1. The summed E-state index contributed by atoms with van der Waals surface area (Å²) in [6.07, 6.45) is 2.26. The molecule has 1 fully saturated rings. The minimum Gasteiger partial charge on any atom is -0.371 e. The van der Waals surface area contributed by atoms with Crippen LogP contribution in [0.2, 0.25) is 0 Å². The van der Waals surface area contributed by atoms with Crippen LogP contribution in [0.15, 0.2) is 54.6 Å². The average molecular weight is 372 g/mol. The fraction of sp³-hybridized carbons (Fsp3) is 0.350. The van der Waals surface area contributed by atoms with E-state index in [1.54, 1.807) is 24.3 Å². The molecule has 1 aliphatic heterocycles. The standard InChI is InChI=1S/C20H24N2O3S/c1-26(24,25)15-16-7-9-18(10-8-16)20(23)21-13-17-11-12-22(14-17)19-5-3-2-4-6-19/h2-10,17H,11-15H2,1H3,(H,21,23)/t17-/m1/s1. The lowest BCUT2D eigenvalue weighted by Crippen LogP contribution is -2.31. The van der Waals surface area contributed by atoms with Gasteiger partial charge >= 0.3 is 0 Å². The Bertz CT molecular complexity index is 848. The van der Waals surface area contributed by atoms with E-state index in [4.69, 9.17) is 0 Å². The van der Waals surface area contributed by atoms with Crippen LogP contribution in [0, 0.1) is 5.92 Å². The summed E-state index contributed by atoms with van der Waals surface area (Å²) in [7, 11) is -3.06. The molecule has 0 saturated carbocycles. The van der Waals surface area contributed by atoms with Gasteiger partial charge < -0.3 is 10.2 Å².